The number of rotatable bonds is 2. The van der Waals surface area contributed by atoms with Gasteiger partial charge in [-0.05, 0) is 31.1 Å². The van der Waals surface area contributed by atoms with Gasteiger partial charge in [-0.25, -0.2) is 8.42 Å². The quantitative estimate of drug-likeness (QED) is 0.527. The average Bonchev–Trinajstić information content (AvgIpc) is 2.19. The highest BCUT2D eigenvalue weighted by atomic mass is 35.5. The summed E-state index contributed by atoms with van der Waals surface area (Å²) in [6.45, 7) is 0. The van der Waals surface area contributed by atoms with Gasteiger partial charge in [-0.2, -0.15) is 0 Å². The molecule has 1 fully saturated rings. The Labute approximate surface area is 83.9 Å². The van der Waals surface area contributed by atoms with Gasteiger partial charge < -0.3 is 0 Å². The van der Waals surface area contributed by atoms with Crippen molar-refractivity contribution in [2.45, 2.75) is 24.5 Å². The molecule has 3 aliphatic rings. The predicted octanol–water partition coefficient (Wildman–Crippen LogP) is 1.95. The molecular weight excluding hydrogens is 208 g/mol. The Hall–Kier alpha value is -0.0200. The standard InChI is InChI=1S/C9H13ClO2S/c10-6-13(11,12)9-5-7-1-3-8(9)4-2-7/h1,3,7-9H,2,4-6H2/t7-,8+,9?/m1/s1. The highest BCUT2D eigenvalue weighted by molar-refractivity contribution is 7.93. The van der Waals surface area contributed by atoms with E-state index in [0.717, 1.165) is 19.3 Å². The van der Waals surface area contributed by atoms with E-state index in [9.17, 15) is 8.42 Å². The molecule has 3 rings (SSSR count). The smallest absolute Gasteiger partial charge is 0.167 e. The molecule has 74 valence electrons. The third kappa shape index (κ3) is 1.64. The summed E-state index contributed by atoms with van der Waals surface area (Å²) in [5, 5.41) is -0.428. The lowest BCUT2D eigenvalue weighted by atomic mass is 9.76. The lowest BCUT2D eigenvalue weighted by Crippen LogP contribution is -2.38. The van der Waals surface area contributed by atoms with E-state index in [0.29, 0.717) is 5.92 Å². The fourth-order valence-electron chi connectivity index (χ4n) is 2.37. The van der Waals surface area contributed by atoms with Gasteiger partial charge in [0.15, 0.2) is 9.84 Å². The van der Waals surface area contributed by atoms with Crippen molar-refractivity contribution in [3.8, 4) is 0 Å². The number of allylic oxidation sites excluding steroid dienone is 2. The van der Waals surface area contributed by atoms with Crippen molar-refractivity contribution in [2.24, 2.45) is 11.8 Å². The summed E-state index contributed by atoms with van der Waals surface area (Å²) in [4.78, 5) is 0. The first-order chi connectivity index (χ1) is 6.13. The van der Waals surface area contributed by atoms with Gasteiger partial charge in [-0.3, -0.25) is 0 Å². The highest BCUT2D eigenvalue weighted by Crippen LogP contribution is 2.39. The van der Waals surface area contributed by atoms with E-state index < -0.39 is 9.84 Å². The zero-order valence-corrected chi connectivity index (χ0v) is 8.89. The van der Waals surface area contributed by atoms with Crippen LogP contribution in [0.5, 0.6) is 0 Å². The molecule has 3 aliphatic carbocycles. The van der Waals surface area contributed by atoms with E-state index in [2.05, 4.69) is 12.2 Å². The maximum absolute atomic E-state index is 11.6. The fraction of sp³-hybridized carbons (Fsp3) is 0.778. The highest BCUT2D eigenvalue weighted by Gasteiger charge is 2.39. The lowest BCUT2D eigenvalue weighted by Gasteiger charge is -2.36. The topological polar surface area (TPSA) is 34.1 Å². The van der Waals surface area contributed by atoms with Gasteiger partial charge in [0.05, 0.1) is 5.25 Å². The number of alkyl halides is 1. The lowest BCUT2D eigenvalue weighted by molar-refractivity contribution is 0.329. The minimum atomic E-state index is -3.04. The van der Waals surface area contributed by atoms with Crippen molar-refractivity contribution in [2.75, 3.05) is 5.21 Å². The first kappa shape index (κ1) is 9.53. The van der Waals surface area contributed by atoms with Crippen molar-refractivity contribution in [3.05, 3.63) is 12.2 Å². The summed E-state index contributed by atoms with van der Waals surface area (Å²) in [7, 11) is -3.04. The Morgan fingerprint density at radius 1 is 1.31 bits per heavy atom. The van der Waals surface area contributed by atoms with Gasteiger partial charge in [-0.1, -0.05) is 12.2 Å². The molecule has 2 nitrogen and oxygen atoms in total. The summed E-state index contributed by atoms with van der Waals surface area (Å²) in [6, 6.07) is 0. The molecule has 0 saturated heterocycles. The van der Waals surface area contributed by atoms with Crippen molar-refractivity contribution in [1.82, 2.24) is 0 Å². The van der Waals surface area contributed by atoms with Crippen LogP contribution < -0.4 is 0 Å². The van der Waals surface area contributed by atoms with Gasteiger partial charge in [-0.15, -0.1) is 11.6 Å². The second-order valence-corrected chi connectivity index (χ2v) is 6.74. The molecule has 0 heterocycles. The van der Waals surface area contributed by atoms with E-state index in [1.54, 1.807) is 0 Å². The molecule has 0 amide bonds. The van der Waals surface area contributed by atoms with Crippen LogP contribution in [0.4, 0.5) is 0 Å². The molecule has 0 radical (unpaired) electrons. The molecule has 13 heavy (non-hydrogen) atoms. The van der Waals surface area contributed by atoms with Crippen LogP contribution in [0.2, 0.25) is 0 Å². The Balaban J connectivity index is 2.24. The third-order valence-corrected chi connectivity index (χ3v) is 5.81. The van der Waals surface area contributed by atoms with Crippen LogP contribution in [0.15, 0.2) is 12.2 Å². The number of fused-ring (bicyclic) bond motifs is 2. The SMILES string of the molecule is O=S(=O)(CCl)C1C[C@@H]2C=C[C@H]1CC2. The van der Waals surface area contributed by atoms with Crippen LogP contribution in [0.25, 0.3) is 0 Å². The van der Waals surface area contributed by atoms with E-state index in [1.165, 1.54) is 0 Å². The van der Waals surface area contributed by atoms with Crippen molar-refractivity contribution >= 4 is 21.4 Å². The number of hydrogen-bond acceptors (Lipinski definition) is 2. The first-order valence-corrected chi connectivity index (χ1v) is 6.84. The number of halogens is 1. The zero-order chi connectivity index (χ0) is 9.47. The van der Waals surface area contributed by atoms with Gasteiger partial charge in [0.25, 0.3) is 0 Å². The van der Waals surface area contributed by atoms with Crippen LogP contribution in [-0.2, 0) is 9.84 Å². The van der Waals surface area contributed by atoms with Crippen molar-refractivity contribution in [1.29, 1.82) is 0 Å². The van der Waals surface area contributed by atoms with Crippen LogP contribution >= 0.6 is 11.6 Å². The maximum Gasteiger partial charge on any atom is 0.167 e. The van der Waals surface area contributed by atoms with E-state index in [4.69, 9.17) is 11.6 Å². The molecule has 1 saturated carbocycles. The van der Waals surface area contributed by atoms with Crippen LogP contribution in [-0.4, -0.2) is 18.9 Å². The van der Waals surface area contributed by atoms with Crippen LogP contribution in [0.3, 0.4) is 0 Å². The summed E-state index contributed by atoms with van der Waals surface area (Å²) in [5.74, 6) is 0.710. The number of sulfone groups is 1. The molecule has 3 atom stereocenters. The average molecular weight is 221 g/mol. The van der Waals surface area contributed by atoms with Gasteiger partial charge >= 0.3 is 0 Å². The molecule has 4 heteroatoms. The Morgan fingerprint density at radius 2 is 2.08 bits per heavy atom. The Bertz CT molecular complexity index is 321. The summed E-state index contributed by atoms with van der Waals surface area (Å²) < 4.78 is 23.2. The largest absolute Gasteiger partial charge is 0.227 e. The minimum Gasteiger partial charge on any atom is -0.227 e. The Kier molecular flexibility index (Phi) is 2.41. The molecule has 0 spiro atoms. The monoisotopic (exact) mass is 220 g/mol. The maximum atomic E-state index is 11.6. The number of hydrogen-bond donors (Lipinski definition) is 0. The molecular formula is C9H13ClO2S. The third-order valence-electron chi connectivity index (χ3n) is 3.13. The molecule has 0 N–H and O–H groups in total. The predicted molar refractivity (Wildman–Crippen MR) is 53.4 cm³/mol. The van der Waals surface area contributed by atoms with E-state index >= 15 is 0 Å². The normalized spacial score (nSPS) is 38.1. The van der Waals surface area contributed by atoms with Gasteiger partial charge in [0, 0.05) is 0 Å². The zero-order valence-electron chi connectivity index (χ0n) is 7.32. The molecule has 1 unspecified atom stereocenters. The summed E-state index contributed by atoms with van der Waals surface area (Å²) >= 11 is 5.45. The van der Waals surface area contributed by atoms with Gasteiger partial charge in [0.1, 0.15) is 5.21 Å². The molecule has 0 aromatic rings. The van der Waals surface area contributed by atoms with Crippen molar-refractivity contribution in [3.63, 3.8) is 0 Å². The van der Waals surface area contributed by atoms with Crippen molar-refractivity contribution < 1.29 is 8.42 Å². The molecule has 0 aromatic heterocycles. The minimum absolute atomic E-state index is 0.200. The van der Waals surface area contributed by atoms with Crippen LogP contribution in [0, 0.1) is 11.8 Å². The summed E-state index contributed by atoms with van der Waals surface area (Å²) in [6.07, 6.45) is 7.18. The Morgan fingerprint density at radius 3 is 2.46 bits per heavy atom. The molecule has 0 aliphatic heterocycles. The van der Waals surface area contributed by atoms with Gasteiger partial charge in [0.2, 0.25) is 0 Å². The second kappa shape index (κ2) is 3.28. The first-order valence-electron chi connectivity index (χ1n) is 4.59. The van der Waals surface area contributed by atoms with E-state index in [1.807, 2.05) is 0 Å². The fourth-order valence-corrected chi connectivity index (χ4v) is 4.32. The molecule has 2 bridgehead atoms. The molecule has 0 aromatic carbocycles. The second-order valence-electron chi connectivity index (χ2n) is 3.93. The summed E-state index contributed by atoms with van der Waals surface area (Å²) in [5.41, 5.74) is 0. The van der Waals surface area contributed by atoms with Crippen LogP contribution in [0.1, 0.15) is 19.3 Å². The van der Waals surface area contributed by atoms with E-state index in [-0.39, 0.29) is 16.4 Å².